The topological polar surface area (TPSA) is 15.3 Å². The second kappa shape index (κ2) is 4.91. The maximum Gasteiger partial charge on any atom is 0.0325 e. The minimum atomic E-state index is 0.722. The molecule has 1 atom stereocenters. The molecule has 0 amide bonds. The second-order valence-corrected chi connectivity index (χ2v) is 5.10. The smallest absolute Gasteiger partial charge is 0.0325 e. The van der Waals surface area contributed by atoms with Crippen LogP contribution in [0.3, 0.4) is 0 Å². The van der Waals surface area contributed by atoms with Gasteiger partial charge in [-0.05, 0) is 37.9 Å². The Balaban J connectivity index is 1.75. The average Bonchev–Trinajstić information content (AvgIpc) is 2.76. The van der Waals surface area contributed by atoms with Gasteiger partial charge in [-0.25, -0.2) is 0 Å². The summed E-state index contributed by atoms with van der Waals surface area (Å²) < 4.78 is 0. The van der Waals surface area contributed by atoms with E-state index in [4.69, 9.17) is 0 Å². The Bertz CT molecular complexity index is 252. The van der Waals surface area contributed by atoms with E-state index in [9.17, 15) is 0 Å². The lowest BCUT2D eigenvalue weighted by atomic mass is 10.2. The van der Waals surface area contributed by atoms with E-state index in [1.165, 1.54) is 30.8 Å². The summed E-state index contributed by atoms with van der Waals surface area (Å²) in [6.45, 7) is 3.48. The van der Waals surface area contributed by atoms with Crippen LogP contribution in [0.2, 0.25) is 0 Å². The average molecular weight is 210 g/mol. The van der Waals surface area contributed by atoms with E-state index in [1.54, 1.807) is 0 Å². The van der Waals surface area contributed by atoms with Gasteiger partial charge in [-0.1, -0.05) is 6.07 Å². The van der Waals surface area contributed by atoms with Crippen LogP contribution >= 0.6 is 11.3 Å². The minimum absolute atomic E-state index is 0.722. The quantitative estimate of drug-likeness (QED) is 0.817. The maximum atomic E-state index is 3.53. The number of likely N-dealkylation sites (N-methyl/N-ethyl adjacent to an activating group) is 1. The summed E-state index contributed by atoms with van der Waals surface area (Å²) in [5, 5.41) is 5.68. The Morgan fingerprint density at radius 1 is 1.64 bits per heavy atom. The zero-order valence-corrected chi connectivity index (χ0v) is 9.52. The third-order valence-corrected chi connectivity index (χ3v) is 3.56. The molecular formula is C11H18N2S. The standard InChI is InChI=1S/C11H18N2S/c1-13(8-10-4-2-6-12-10)9-11-5-3-7-14-11/h3,5,7,10,12H,2,4,6,8-9H2,1H3. The van der Waals surface area contributed by atoms with Crippen molar-refractivity contribution < 1.29 is 0 Å². The molecular weight excluding hydrogens is 192 g/mol. The molecule has 0 saturated carbocycles. The molecule has 14 heavy (non-hydrogen) atoms. The molecule has 1 saturated heterocycles. The van der Waals surface area contributed by atoms with E-state index in [1.807, 2.05) is 11.3 Å². The molecule has 1 aliphatic rings. The van der Waals surface area contributed by atoms with Crippen LogP contribution in [0, 0.1) is 0 Å². The molecule has 0 spiro atoms. The second-order valence-electron chi connectivity index (χ2n) is 4.07. The SMILES string of the molecule is CN(Cc1cccs1)CC1CCCN1. The molecule has 78 valence electrons. The summed E-state index contributed by atoms with van der Waals surface area (Å²) in [5.74, 6) is 0. The van der Waals surface area contributed by atoms with Gasteiger partial charge < -0.3 is 5.32 Å². The molecule has 2 nitrogen and oxygen atoms in total. The Kier molecular flexibility index (Phi) is 3.56. The monoisotopic (exact) mass is 210 g/mol. The fourth-order valence-corrected chi connectivity index (χ4v) is 2.81. The lowest BCUT2D eigenvalue weighted by Crippen LogP contribution is -2.34. The van der Waals surface area contributed by atoms with E-state index in [2.05, 4.69) is 34.8 Å². The van der Waals surface area contributed by atoms with Crippen molar-refractivity contribution >= 4 is 11.3 Å². The highest BCUT2D eigenvalue weighted by atomic mass is 32.1. The zero-order valence-electron chi connectivity index (χ0n) is 8.70. The molecule has 1 aromatic heterocycles. The maximum absolute atomic E-state index is 3.53. The van der Waals surface area contributed by atoms with Crippen LogP contribution in [-0.4, -0.2) is 31.1 Å². The first-order valence-corrected chi connectivity index (χ1v) is 6.17. The predicted octanol–water partition coefficient (Wildman–Crippen LogP) is 1.93. The summed E-state index contributed by atoms with van der Waals surface area (Å²) in [6, 6.07) is 5.06. The van der Waals surface area contributed by atoms with Crippen molar-refractivity contribution in [2.45, 2.75) is 25.4 Å². The van der Waals surface area contributed by atoms with Gasteiger partial charge in [0.15, 0.2) is 0 Å². The highest BCUT2D eigenvalue weighted by molar-refractivity contribution is 7.09. The molecule has 0 aliphatic carbocycles. The van der Waals surface area contributed by atoms with Crippen molar-refractivity contribution in [2.24, 2.45) is 0 Å². The van der Waals surface area contributed by atoms with Crippen molar-refractivity contribution in [1.29, 1.82) is 0 Å². The summed E-state index contributed by atoms with van der Waals surface area (Å²) >= 11 is 1.85. The molecule has 0 bridgehead atoms. The van der Waals surface area contributed by atoms with E-state index in [-0.39, 0.29) is 0 Å². The number of rotatable bonds is 4. The number of thiophene rings is 1. The van der Waals surface area contributed by atoms with Gasteiger partial charge in [0.05, 0.1) is 0 Å². The van der Waals surface area contributed by atoms with Crippen LogP contribution in [0.1, 0.15) is 17.7 Å². The lowest BCUT2D eigenvalue weighted by Gasteiger charge is -2.20. The molecule has 2 rings (SSSR count). The van der Waals surface area contributed by atoms with E-state index in [0.29, 0.717) is 0 Å². The first kappa shape index (κ1) is 10.1. The fraction of sp³-hybridized carbons (Fsp3) is 0.636. The van der Waals surface area contributed by atoms with E-state index in [0.717, 1.165) is 12.6 Å². The molecule has 1 fully saturated rings. The summed E-state index contributed by atoms with van der Waals surface area (Å²) in [5.41, 5.74) is 0. The molecule has 0 radical (unpaired) electrons. The summed E-state index contributed by atoms with van der Waals surface area (Å²) in [6.07, 6.45) is 2.69. The van der Waals surface area contributed by atoms with Gasteiger partial charge >= 0.3 is 0 Å². The van der Waals surface area contributed by atoms with Gasteiger partial charge in [0.2, 0.25) is 0 Å². The van der Waals surface area contributed by atoms with Gasteiger partial charge in [-0.3, -0.25) is 4.90 Å². The number of hydrogen-bond donors (Lipinski definition) is 1. The van der Waals surface area contributed by atoms with Gasteiger partial charge in [-0.2, -0.15) is 0 Å². The van der Waals surface area contributed by atoms with Crippen LogP contribution in [-0.2, 0) is 6.54 Å². The number of nitrogens with one attached hydrogen (secondary N) is 1. The zero-order chi connectivity index (χ0) is 9.80. The van der Waals surface area contributed by atoms with Gasteiger partial charge in [0.1, 0.15) is 0 Å². The predicted molar refractivity (Wildman–Crippen MR) is 61.7 cm³/mol. The minimum Gasteiger partial charge on any atom is -0.313 e. The molecule has 1 unspecified atom stereocenters. The third-order valence-electron chi connectivity index (χ3n) is 2.70. The molecule has 3 heteroatoms. The highest BCUT2D eigenvalue weighted by Crippen LogP contribution is 2.12. The Morgan fingerprint density at radius 2 is 2.57 bits per heavy atom. The van der Waals surface area contributed by atoms with Gasteiger partial charge in [-0.15, -0.1) is 11.3 Å². The van der Waals surface area contributed by atoms with Crippen LogP contribution in [0.25, 0.3) is 0 Å². The molecule has 2 heterocycles. The normalized spacial score (nSPS) is 22.0. The molecule has 1 aliphatic heterocycles. The summed E-state index contributed by atoms with van der Waals surface area (Å²) in [7, 11) is 2.21. The number of nitrogens with zero attached hydrogens (tertiary/aromatic N) is 1. The fourth-order valence-electron chi connectivity index (χ4n) is 2.02. The van der Waals surface area contributed by atoms with E-state index >= 15 is 0 Å². The molecule has 1 aromatic rings. The Labute approximate surface area is 89.9 Å². The van der Waals surface area contributed by atoms with Crippen LogP contribution in [0.15, 0.2) is 17.5 Å². The largest absolute Gasteiger partial charge is 0.313 e. The first-order valence-electron chi connectivity index (χ1n) is 5.29. The molecule has 1 N–H and O–H groups in total. The summed E-state index contributed by atoms with van der Waals surface area (Å²) in [4.78, 5) is 3.87. The Morgan fingerprint density at radius 3 is 3.21 bits per heavy atom. The van der Waals surface area contributed by atoms with Crippen LogP contribution in [0.5, 0.6) is 0 Å². The van der Waals surface area contributed by atoms with Crippen molar-refractivity contribution in [3.8, 4) is 0 Å². The van der Waals surface area contributed by atoms with Crippen LogP contribution < -0.4 is 5.32 Å². The van der Waals surface area contributed by atoms with E-state index < -0.39 is 0 Å². The first-order chi connectivity index (χ1) is 6.84. The van der Waals surface area contributed by atoms with Crippen LogP contribution in [0.4, 0.5) is 0 Å². The van der Waals surface area contributed by atoms with Crippen molar-refractivity contribution in [3.05, 3.63) is 22.4 Å². The van der Waals surface area contributed by atoms with Gasteiger partial charge in [0, 0.05) is 24.0 Å². The van der Waals surface area contributed by atoms with Crippen molar-refractivity contribution in [2.75, 3.05) is 20.1 Å². The third kappa shape index (κ3) is 2.80. The van der Waals surface area contributed by atoms with Crippen molar-refractivity contribution in [3.63, 3.8) is 0 Å². The Hall–Kier alpha value is -0.380. The molecule has 0 aromatic carbocycles. The van der Waals surface area contributed by atoms with Gasteiger partial charge in [0.25, 0.3) is 0 Å². The lowest BCUT2D eigenvalue weighted by molar-refractivity contribution is 0.295. The highest BCUT2D eigenvalue weighted by Gasteiger charge is 2.15. The van der Waals surface area contributed by atoms with Crippen molar-refractivity contribution in [1.82, 2.24) is 10.2 Å². The number of hydrogen-bond acceptors (Lipinski definition) is 3.